The number of amides is 2. The molecule has 2 aromatic rings. The molecule has 0 radical (unpaired) electrons. The summed E-state index contributed by atoms with van der Waals surface area (Å²) in [5.74, 6) is 0.477. The second kappa shape index (κ2) is 7.37. The number of para-hydroxylation sites is 1. The van der Waals surface area contributed by atoms with E-state index in [9.17, 15) is 9.59 Å². The summed E-state index contributed by atoms with van der Waals surface area (Å²) in [6, 6.07) is 9.08. The van der Waals surface area contributed by atoms with Gasteiger partial charge in [-0.1, -0.05) is 32.9 Å². The van der Waals surface area contributed by atoms with E-state index >= 15 is 0 Å². The molecule has 0 aliphatic carbocycles. The van der Waals surface area contributed by atoms with E-state index < -0.39 is 0 Å². The fourth-order valence-electron chi connectivity index (χ4n) is 2.71. The average molecular weight is 374 g/mol. The van der Waals surface area contributed by atoms with Crippen molar-refractivity contribution in [1.82, 2.24) is 5.32 Å². The van der Waals surface area contributed by atoms with Crippen LogP contribution in [0, 0.1) is 5.41 Å². The van der Waals surface area contributed by atoms with Gasteiger partial charge >= 0.3 is 0 Å². The summed E-state index contributed by atoms with van der Waals surface area (Å²) in [7, 11) is 0. The molecule has 7 heteroatoms. The fraction of sp³-hybridized carbons (Fsp3) is 0.368. The van der Waals surface area contributed by atoms with Gasteiger partial charge in [-0.05, 0) is 29.0 Å². The van der Waals surface area contributed by atoms with Gasteiger partial charge in [0, 0.05) is 4.88 Å². The molecule has 2 N–H and O–H groups in total. The smallest absolute Gasteiger partial charge is 0.262 e. The molecule has 26 heavy (non-hydrogen) atoms. The van der Waals surface area contributed by atoms with E-state index in [0.29, 0.717) is 17.2 Å². The Balaban J connectivity index is 1.67. The first-order valence-corrected chi connectivity index (χ1v) is 9.24. The van der Waals surface area contributed by atoms with E-state index in [1.54, 1.807) is 29.5 Å². The Hall–Kier alpha value is -2.54. The van der Waals surface area contributed by atoms with Crippen molar-refractivity contribution in [1.29, 1.82) is 0 Å². The molecule has 1 aliphatic heterocycles. The van der Waals surface area contributed by atoms with Crippen LogP contribution in [0.2, 0.25) is 0 Å². The Morgan fingerprint density at radius 3 is 2.85 bits per heavy atom. The minimum absolute atomic E-state index is 0.0228. The number of hydrogen-bond acceptors (Lipinski definition) is 5. The number of hydrogen-bond donors (Lipinski definition) is 2. The summed E-state index contributed by atoms with van der Waals surface area (Å²) in [6.07, 6.45) is 0. The molecule has 0 spiro atoms. The molecule has 1 aromatic heterocycles. The number of thiophene rings is 1. The lowest BCUT2D eigenvalue weighted by molar-refractivity contribution is -0.124. The standard InChI is InChI=1S/C19H22N2O4S/c1-19(2,3)18(14-8-5-9-26-14)21-16(23)11-25-13-7-4-6-12-17(13)20-15(22)10-24-12/h4-9,18H,10-11H2,1-3H3,(H,20,22)(H,21,23). The molecule has 0 bridgehead atoms. The van der Waals surface area contributed by atoms with Crippen LogP contribution in [0.15, 0.2) is 35.7 Å². The summed E-state index contributed by atoms with van der Waals surface area (Å²) in [5, 5.41) is 7.76. The SMILES string of the molecule is CC(C)(C)C(NC(=O)COc1cccc2c1NC(=O)CO2)c1cccs1. The van der Waals surface area contributed by atoms with Crippen molar-refractivity contribution in [2.24, 2.45) is 5.41 Å². The lowest BCUT2D eigenvalue weighted by atomic mass is 9.86. The third-order valence-corrected chi connectivity index (χ3v) is 4.91. The molecular formula is C19H22N2O4S. The molecule has 1 unspecified atom stereocenters. The molecule has 0 saturated heterocycles. The predicted octanol–water partition coefficient (Wildman–Crippen LogP) is 3.36. The summed E-state index contributed by atoms with van der Waals surface area (Å²) in [5.41, 5.74) is 0.330. The monoisotopic (exact) mass is 374 g/mol. The van der Waals surface area contributed by atoms with Crippen LogP contribution in [0.3, 0.4) is 0 Å². The Bertz CT molecular complexity index is 796. The molecular weight excluding hydrogens is 352 g/mol. The van der Waals surface area contributed by atoms with Gasteiger partial charge in [-0.2, -0.15) is 0 Å². The van der Waals surface area contributed by atoms with Crippen molar-refractivity contribution in [3.8, 4) is 11.5 Å². The highest BCUT2D eigenvalue weighted by Gasteiger charge is 2.29. The zero-order valence-electron chi connectivity index (χ0n) is 15.0. The Morgan fingerprint density at radius 1 is 1.35 bits per heavy atom. The maximum absolute atomic E-state index is 12.5. The van der Waals surface area contributed by atoms with E-state index in [1.165, 1.54) is 0 Å². The predicted molar refractivity (Wildman–Crippen MR) is 101 cm³/mol. The van der Waals surface area contributed by atoms with Gasteiger partial charge in [0.05, 0.1) is 6.04 Å². The van der Waals surface area contributed by atoms with E-state index in [0.717, 1.165) is 4.88 Å². The van der Waals surface area contributed by atoms with Crippen molar-refractivity contribution in [3.63, 3.8) is 0 Å². The van der Waals surface area contributed by atoms with Gasteiger partial charge < -0.3 is 20.1 Å². The quantitative estimate of drug-likeness (QED) is 0.841. The van der Waals surface area contributed by atoms with Crippen LogP contribution < -0.4 is 20.1 Å². The zero-order valence-corrected chi connectivity index (χ0v) is 15.8. The number of carbonyl (C=O) groups is 2. The van der Waals surface area contributed by atoms with Gasteiger partial charge in [0.1, 0.15) is 17.2 Å². The first-order valence-electron chi connectivity index (χ1n) is 8.36. The minimum atomic E-state index is -0.247. The van der Waals surface area contributed by atoms with Crippen molar-refractivity contribution < 1.29 is 19.1 Å². The minimum Gasteiger partial charge on any atom is -0.481 e. The zero-order chi connectivity index (χ0) is 18.7. The van der Waals surface area contributed by atoms with Crippen molar-refractivity contribution in [3.05, 3.63) is 40.6 Å². The number of carbonyl (C=O) groups excluding carboxylic acids is 2. The molecule has 3 rings (SSSR count). The van der Waals surface area contributed by atoms with Crippen LogP contribution in [-0.4, -0.2) is 25.0 Å². The molecule has 0 fully saturated rings. The molecule has 138 valence electrons. The first-order chi connectivity index (χ1) is 12.3. The third-order valence-electron chi connectivity index (χ3n) is 3.97. The van der Waals surface area contributed by atoms with Crippen molar-refractivity contribution >= 4 is 28.8 Å². The second-order valence-electron chi connectivity index (χ2n) is 7.14. The molecule has 2 heterocycles. The number of nitrogens with one attached hydrogen (secondary N) is 2. The molecule has 0 saturated carbocycles. The Morgan fingerprint density at radius 2 is 2.15 bits per heavy atom. The normalized spacial score (nSPS) is 14.7. The largest absolute Gasteiger partial charge is 0.481 e. The Kier molecular flexibility index (Phi) is 5.18. The van der Waals surface area contributed by atoms with Crippen LogP contribution >= 0.6 is 11.3 Å². The summed E-state index contributed by atoms with van der Waals surface area (Å²) < 4.78 is 11.0. The number of rotatable bonds is 5. The molecule has 1 aliphatic rings. The maximum atomic E-state index is 12.5. The van der Waals surface area contributed by atoms with E-state index in [1.807, 2.05) is 17.5 Å². The van der Waals surface area contributed by atoms with Gasteiger partial charge in [0.2, 0.25) is 0 Å². The van der Waals surface area contributed by atoms with Crippen LogP contribution in [0.25, 0.3) is 0 Å². The molecule has 1 aromatic carbocycles. The number of ether oxygens (including phenoxy) is 2. The van der Waals surface area contributed by atoms with Crippen molar-refractivity contribution in [2.45, 2.75) is 26.8 Å². The van der Waals surface area contributed by atoms with E-state index in [-0.39, 0.29) is 36.5 Å². The summed E-state index contributed by atoms with van der Waals surface area (Å²) in [4.78, 5) is 25.1. The number of fused-ring (bicyclic) bond motifs is 1. The lowest BCUT2D eigenvalue weighted by Gasteiger charge is -2.30. The van der Waals surface area contributed by atoms with Crippen LogP contribution in [0.5, 0.6) is 11.5 Å². The third kappa shape index (κ3) is 4.16. The number of anilines is 1. The lowest BCUT2D eigenvalue weighted by Crippen LogP contribution is -2.38. The highest BCUT2D eigenvalue weighted by atomic mass is 32.1. The molecule has 1 atom stereocenters. The summed E-state index contributed by atoms with van der Waals surface area (Å²) in [6.45, 7) is 6.08. The second-order valence-corrected chi connectivity index (χ2v) is 8.12. The fourth-order valence-corrected chi connectivity index (χ4v) is 3.73. The van der Waals surface area contributed by atoms with Gasteiger partial charge in [0.15, 0.2) is 13.2 Å². The first kappa shape index (κ1) is 18.3. The highest BCUT2D eigenvalue weighted by molar-refractivity contribution is 7.10. The van der Waals surface area contributed by atoms with Crippen LogP contribution in [0.1, 0.15) is 31.7 Å². The Labute approximate surface area is 156 Å². The van der Waals surface area contributed by atoms with E-state index in [2.05, 4.69) is 31.4 Å². The topological polar surface area (TPSA) is 76.7 Å². The highest BCUT2D eigenvalue weighted by Crippen LogP contribution is 2.37. The van der Waals surface area contributed by atoms with Gasteiger partial charge in [-0.25, -0.2) is 0 Å². The van der Waals surface area contributed by atoms with Gasteiger partial charge in [-0.15, -0.1) is 11.3 Å². The van der Waals surface area contributed by atoms with Gasteiger partial charge in [-0.3, -0.25) is 9.59 Å². The van der Waals surface area contributed by atoms with Crippen LogP contribution in [-0.2, 0) is 9.59 Å². The summed E-state index contributed by atoms with van der Waals surface area (Å²) >= 11 is 1.61. The number of benzene rings is 1. The van der Waals surface area contributed by atoms with Gasteiger partial charge in [0.25, 0.3) is 11.8 Å². The van der Waals surface area contributed by atoms with Crippen molar-refractivity contribution in [2.75, 3.05) is 18.5 Å². The van der Waals surface area contributed by atoms with Crippen LogP contribution in [0.4, 0.5) is 5.69 Å². The van der Waals surface area contributed by atoms with E-state index in [4.69, 9.17) is 9.47 Å². The molecule has 2 amide bonds. The maximum Gasteiger partial charge on any atom is 0.262 e. The molecule has 6 nitrogen and oxygen atoms in total. The average Bonchev–Trinajstić information content (AvgIpc) is 3.10.